The maximum atomic E-state index is 13.2. The van der Waals surface area contributed by atoms with Crippen LogP contribution >= 0.6 is 0 Å². The standard InChI is InChI=1S/C25H39N3O3/c1-6-10-22(27(5)24(30)31-25(2,3)4)23(29)26-21-14-13-19-16-28(17-20(19)21)15-18-11-8-7-9-12-18/h7-9,11-12,19-22H,6,10,13-17H2,1-5H3,(H,26,29)/t19-,20+,21+,22?/m1/s1. The Hall–Kier alpha value is -2.08. The Morgan fingerprint density at radius 1 is 1.19 bits per heavy atom. The number of amides is 2. The van der Waals surface area contributed by atoms with Crippen LogP contribution in [0.4, 0.5) is 4.79 Å². The van der Waals surface area contributed by atoms with Gasteiger partial charge in [-0.2, -0.15) is 0 Å². The van der Waals surface area contributed by atoms with Crippen molar-refractivity contribution < 1.29 is 14.3 Å². The minimum absolute atomic E-state index is 0.0534. The molecule has 1 aliphatic carbocycles. The van der Waals surface area contributed by atoms with Crippen molar-refractivity contribution >= 4 is 12.0 Å². The van der Waals surface area contributed by atoms with E-state index in [-0.39, 0.29) is 11.9 Å². The molecule has 0 aromatic heterocycles. The summed E-state index contributed by atoms with van der Waals surface area (Å²) in [6, 6.07) is 10.3. The number of nitrogens with one attached hydrogen (secondary N) is 1. The van der Waals surface area contributed by atoms with Gasteiger partial charge in [0.25, 0.3) is 0 Å². The smallest absolute Gasteiger partial charge is 0.410 e. The molecule has 4 atom stereocenters. The molecule has 2 amide bonds. The van der Waals surface area contributed by atoms with E-state index in [4.69, 9.17) is 4.74 Å². The summed E-state index contributed by atoms with van der Waals surface area (Å²) < 4.78 is 5.49. The highest BCUT2D eigenvalue weighted by Crippen LogP contribution is 2.38. The van der Waals surface area contributed by atoms with Crippen LogP contribution in [-0.4, -0.2) is 59.6 Å². The van der Waals surface area contributed by atoms with Gasteiger partial charge < -0.3 is 10.1 Å². The molecule has 6 heteroatoms. The third-order valence-corrected chi connectivity index (χ3v) is 6.52. The zero-order chi connectivity index (χ0) is 22.6. The SMILES string of the molecule is CCCC(C(=O)N[C@H]1CC[C@@H]2CN(Cc3ccccc3)C[C@@H]21)N(C)C(=O)OC(C)(C)C. The van der Waals surface area contributed by atoms with Crippen LogP contribution in [0.25, 0.3) is 0 Å². The van der Waals surface area contributed by atoms with Crippen LogP contribution in [-0.2, 0) is 16.1 Å². The summed E-state index contributed by atoms with van der Waals surface area (Å²) in [4.78, 5) is 29.7. The van der Waals surface area contributed by atoms with E-state index in [1.165, 1.54) is 10.5 Å². The van der Waals surface area contributed by atoms with E-state index in [1.807, 2.05) is 27.7 Å². The molecule has 0 spiro atoms. The van der Waals surface area contributed by atoms with Crippen LogP contribution in [0.3, 0.4) is 0 Å². The van der Waals surface area contributed by atoms with Crippen LogP contribution in [0.15, 0.2) is 30.3 Å². The van der Waals surface area contributed by atoms with Gasteiger partial charge in [0.15, 0.2) is 0 Å². The fourth-order valence-corrected chi connectivity index (χ4v) is 5.02. The van der Waals surface area contributed by atoms with Gasteiger partial charge in [0.1, 0.15) is 11.6 Å². The molecule has 1 aromatic rings. The highest BCUT2D eigenvalue weighted by atomic mass is 16.6. The van der Waals surface area contributed by atoms with Crippen LogP contribution in [0, 0.1) is 11.8 Å². The maximum absolute atomic E-state index is 13.2. The number of carbonyl (C=O) groups is 2. The number of rotatable bonds is 7. The van der Waals surface area contributed by atoms with Gasteiger partial charge in [-0.05, 0) is 57.4 Å². The van der Waals surface area contributed by atoms with Gasteiger partial charge in [0, 0.05) is 32.7 Å². The molecule has 3 rings (SSSR count). The summed E-state index contributed by atoms with van der Waals surface area (Å²) in [5, 5.41) is 3.30. The summed E-state index contributed by atoms with van der Waals surface area (Å²) >= 11 is 0. The first-order chi connectivity index (χ1) is 14.7. The predicted molar refractivity (Wildman–Crippen MR) is 123 cm³/mol. The Morgan fingerprint density at radius 2 is 1.90 bits per heavy atom. The van der Waals surface area contributed by atoms with E-state index in [2.05, 4.69) is 40.5 Å². The van der Waals surface area contributed by atoms with Crippen molar-refractivity contribution in [2.45, 2.75) is 77.6 Å². The molecular weight excluding hydrogens is 390 g/mol. The van der Waals surface area contributed by atoms with Crippen molar-refractivity contribution in [2.75, 3.05) is 20.1 Å². The number of nitrogens with zero attached hydrogens (tertiary/aromatic N) is 2. The third-order valence-electron chi connectivity index (χ3n) is 6.52. The fraction of sp³-hybridized carbons (Fsp3) is 0.680. The number of hydrogen-bond acceptors (Lipinski definition) is 4. The van der Waals surface area contributed by atoms with E-state index < -0.39 is 17.7 Å². The highest BCUT2D eigenvalue weighted by Gasteiger charge is 2.44. The minimum atomic E-state index is -0.580. The van der Waals surface area contributed by atoms with Crippen molar-refractivity contribution in [1.29, 1.82) is 0 Å². The van der Waals surface area contributed by atoms with Crippen LogP contribution in [0.5, 0.6) is 0 Å². The van der Waals surface area contributed by atoms with Crippen molar-refractivity contribution in [3.63, 3.8) is 0 Å². The van der Waals surface area contributed by atoms with E-state index in [0.29, 0.717) is 18.3 Å². The number of hydrogen-bond donors (Lipinski definition) is 1. The molecule has 2 fully saturated rings. The average Bonchev–Trinajstić information content (AvgIpc) is 3.26. The number of ether oxygens (including phenoxy) is 1. The molecule has 1 heterocycles. The van der Waals surface area contributed by atoms with Gasteiger partial charge >= 0.3 is 6.09 Å². The number of likely N-dealkylation sites (tertiary alicyclic amines) is 1. The quantitative estimate of drug-likeness (QED) is 0.710. The zero-order valence-electron chi connectivity index (χ0n) is 19.8. The Kier molecular flexibility index (Phi) is 7.63. The normalized spacial score (nSPS) is 24.5. The molecular formula is C25H39N3O3. The Bertz CT molecular complexity index is 746. The predicted octanol–water partition coefficient (Wildman–Crippen LogP) is 4.05. The summed E-state index contributed by atoms with van der Waals surface area (Å²) in [7, 11) is 1.67. The lowest BCUT2D eigenvalue weighted by molar-refractivity contribution is -0.127. The van der Waals surface area contributed by atoms with Gasteiger partial charge in [-0.3, -0.25) is 14.6 Å². The van der Waals surface area contributed by atoms with Gasteiger partial charge in [0.2, 0.25) is 5.91 Å². The van der Waals surface area contributed by atoms with Gasteiger partial charge in [-0.15, -0.1) is 0 Å². The lowest BCUT2D eigenvalue weighted by Crippen LogP contribution is -2.52. The molecule has 0 radical (unpaired) electrons. The lowest BCUT2D eigenvalue weighted by Gasteiger charge is -2.31. The van der Waals surface area contributed by atoms with Crippen LogP contribution in [0.2, 0.25) is 0 Å². The molecule has 2 aliphatic rings. The molecule has 6 nitrogen and oxygen atoms in total. The van der Waals surface area contributed by atoms with Crippen molar-refractivity contribution in [3.8, 4) is 0 Å². The molecule has 1 saturated carbocycles. The van der Waals surface area contributed by atoms with E-state index in [1.54, 1.807) is 7.05 Å². The molecule has 1 aliphatic heterocycles. The van der Waals surface area contributed by atoms with Gasteiger partial charge in [-0.1, -0.05) is 43.7 Å². The molecule has 1 aromatic carbocycles. The molecule has 1 saturated heterocycles. The summed E-state index contributed by atoms with van der Waals surface area (Å²) in [6.07, 6.45) is 3.19. The zero-order valence-corrected chi connectivity index (χ0v) is 19.8. The van der Waals surface area contributed by atoms with Gasteiger partial charge in [-0.25, -0.2) is 4.79 Å². The number of likely N-dealkylation sites (N-methyl/N-ethyl adjacent to an activating group) is 1. The first kappa shape index (κ1) is 23.6. The molecule has 1 unspecified atom stereocenters. The number of fused-ring (bicyclic) bond motifs is 1. The summed E-state index contributed by atoms with van der Waals surface area (Å²) in [5.74, 6) is 1.08. The highest BCUT2D eigenvalue weighted by molar-refractivity contribution is 5.85. The Morgan fingerprint density at radius 3 is 2.55 bits per heavy atom. The second kappa shape index (κ2) is 10.0. The largest absolute Gasteiger partial charge is 0.444 e. The van der Waals surface area contributed by atoms with Gasteiger partial charge in [0.05, 0.1) is 0 Å². The van der Waals surface area contributed by atoms with Crippen molar-refractivity contribution in [3.05, 3.63) is 35.9 Å². The Labute approximate surface area is 187 Å². The first-order valence-electron chi connectivity index (χ1n) is 11.7. The Balaban J connectivity index is 1.58. The van der Waals surface area contributed by atoms with Crippen molar-refractivity contribution in [2.24, 2.45) is 11.8 Å². The average molecular weight is 430 g/mol. The number of benzene rings is 1. The van der Waals surface area contributed by atoms with E-state index >= 15 is 0 Å². The fourth-order valence-electron chi connectivity index (χ4n) is 5.02. The first-order valence-corrected chi connectivity index (χ1v) is 11.7. The monoisotopic (exact) mass is 429 g/mol. The molecule has 0 bridgehead atoms. The second-order valence-corrected chi connectivity index (χ2v) is 10.2. The van der Waals surface area contributed by atoms with E-state index in [0.717, 1.165) is 38.9 Å². The number of carbonyl (C=O) groups excluding carboxylic acids is 2. The minimum Gasteiger partial charge on any atom is -0.444 e. The topological polar surface area (TPSA) is 61.9 Å². The van der Waals surface area contributed by atoms with Crippen LogP contribution in [0.1, 0.15) is 58.9 Å². The van der Waals surface area contributed by atoms with E-state index in [9.17, 15) is 9.59 Å². The van der Waals surface area contributed by atoms with Crippen LogP contribution < -0.4 is 5.32 Å². The summed E-state index contributed by atoms with van der Waals surface area (Å²) in [6.45, 7) is 10.6. The molecule has 1 N–H and O–H groups in total. The second-order valence-electron chi connectivity index (χ2n) is 10.2. The molecule has 31 heavy (non-hydrogen) atoms. The maximum Gasteiger partial charge on any atom is 0.410 e. The third kappa shape index (κ3) is 6.22. The molecule has 172 valence electrons. The van der Waals surface area contributed by atoms with Crippen molar-refractivity contribution in [1.82, 2.24) is 15.1 Å². The lowest BCUT2D eigenvalue weighted by atomic mass is 9.97. The summed E-state index contributed by atoms with van der Waals surface area (Å²) in [5.41, 5.74) is 0.758.